The fourth-order valence-corrected chi connectivity index (χ4v) is 3.13. The summed E-state index contributed by atoms with van der Waals surface area (Å²) in [5.41, 5.74) is 6.57. The highest BCUT2D eigenvalue weighted by Crippen LogP contribution is 2.15. The van der Waals surface area contributed by atoms with Crippen molar-refractivity contribution in [2.45, 2.75) is 25.8 Å². The first kappa shape index (κ1) is 19.5. The van der Waals surface area contributed by atoms with Gasteiger partial charge in [-0.2, -0.15) is 0 Å². The van der Waals surface area contributed by atoms with Crippen molar-refractivity contribution in [1.29, 1.82) is 0 Å². The van der Waals surface area contributed by atoms with Gasteiger partial charge in [-0.25, -0.2) is 0 Å². The predicted molar refractivity (Wildman–Crippen MR) is 103 cm³/mol. The molecule has 25 heavy (non-hydrogen) atoms. The van der Waals surface area contributed by atoms with Crippen molar-refractivity contribution in [1.82, 2.24) is 15.5 Å². The van der Waals surface area contributed by atoms with Crippen LogP contribution in [-0.2, 0) is 11.3 Å². The molecular formula is C18H28ClN5O. The molecule has 1 aromatic carbocycles. The van der Waals surface area contributed by atoms with Crippen LogP contribution in [0.1, 0.15) is 24.8 Å². The van der Waals surface area contributed by atoms with Crippen LogP contribution in [0.3, 0.4) is 0 Å². The zero-order chi connectivity index (χ0) is 18.1. The Morgan fingerprint density at radius 3 is 2.80 bits per heavy atom. The molecule has 6 nitrogen and oxygen atoms in total. The molecule has 0 radical (unpaired) electrons. The number of benzene rings is 1. The summed E-state index contributed by atoms with van der Waals surface area (Å²) >= 11 is 5.89. The maximum absolute atomic E-state index is 11.3. The number of amides is 1. The molecule has 0 aromatic heterocycles. The topological polar surface area (TPSA) is 82.8 Å². The molecule has 0 bridgehead atoms. The van der Waals surface area contributed by atoms with E-state index in [-0.39, 0.29) is 11.8 Å². The summed E-state index contributed by atoms with van der Waals surface area (Å²) in [5.74, 6) is 0.619. The van der Waals surface area contributed by atoms with Crippen LogP contribution in [-0.4, -0.2) is 50.0 Å². The third-order valence-electron chi connectivity index (χ3n) is 4.45. The van der Waals surface area contributed by atoms with E-state index in [1.54, 1.807) is 7.05 Å². The van der Waals surface area contributed by atoms with Gasteiger partial charge in [0.15, 0.2) is 5.96 Å². The van der Waals surface area contributed by atoms with Crippen molar-refractivity contribution in [3.8, 4) is 0 Å². The fraction of sp³-hybridized carbons (Fsp3) is 0.556. The number of nitrogens with one attached hydrogen (secondary N) is 2. The molecule has 1 aliphatic heterocycles. The molecule has 1 amide bonds. The summed E-state index contributed by atoms with van der Waals surface area (Å²) in [7, 11) is 1.76. The number of nitrogens with zero attached hydrogens (tertiary/aromatic N) is 2. The van der Waals surface area contributed by atoms with Crippen molar-refractivity contribution in [3.05, 3.63) is 34.9 Å². The van der Waals surface area contributed by atoms with E-state index in [0.29, 0.717) is 6.54 Å². The molecule has 1 saturated heterocycles. The quantitative estimate of drug-likeness (QED) is 0.389. The zero-order valence-corrected chi connectivity index (χ0v) is 15.6. The first-order chi connectivity index (χ1) is 12.1. The molecular weight excluding hydrogens is 338 g/mol. The Morgan fingerprint density at radius 2 is 2.12 bits per heavy atom. The second kappa shape index (κ2) is 10.3. The molecule has 7 heteroatoms. The second-order valence-electron chi connectivity index (χ2n) is 6.37. The van der Waals surface area contributed by atoms with Gasteiger partial charge in [-0.1, -0.05) is 23.7 Å². The monoisotopic (exact) mass is 365 g/mol. The Hall–Kier alpha value is -1.79. The van der Waals surface area contributed by atoms with E-state index in [9.17, 15) is 4.79 Å². The number of guanidine groups is 1. The molecule has 0 saturated carbocycles. The highest BCUT2D eigenvalue weighted by atomic mass is 35.5. The lowest BCUT2D eigenvalue weighted by molar-refractivity contribution is -0.123. The van der Waals surface area contributed by atoms with E-state index in [1.807, 2.05) is 24.3 Å². The van der Waals surface area contributed by atoms with Crippen LogP contribution >= 0.6 is 11.6 Å². The molecule has 138 valence electrons. The summed E-state index contributed by atoms with van der Waals surface area (Å²) < 4.78 is 0. The third kappa shape index (κ3) is 6.92. The normalized spacial score (nSPS) is 18.8. The van der Waals surface area contributed by atoms with Gasteiger partial charge in [-0.15, -0.1) is 0 Å². The van der Waals surface area contributed by atoms with Gasteiger partial charge < -0.3 is 21.3 Å². The molecule has 1 atom stereocenters. The number of carbonyl (C=O) groups excluding carboxylic acids is 1. The van der Waals surface area contributed by atoms with Gasteiger partial charge in [-0.3, -0.25) is 9.79 Å². The lowest BCUT2D eigenvalue weighted by Gasteiger charge is -2.31. The molecule has 1 aliphatic rings. The van der Waals surface area contributed by atoms with Crippen LogP contribution in [0.15, 0.2) is 29.3 Å². The van der Waals surface area contributed by atoms with Crippen molar-refractivity contribution < 1.29 is 4.79 Å². The van der Waals surface area contributed by atoms with E-state index in [1.165, 1.54) is 0 Å². The number of hydrogen-bond donors (Lipinski definition) is 3. The third-order valence-corrected chi connectivity index (χ3v) is 4.70. The molecule has 1 aromatic rings. The average Bonchev–Trinajstić information content (AvgIpc) is 2.62. The molecule has 2 rings (SSSR count). The number of aliphatic imine (C=N–C) groups is 1. The van der Waals surface area contributed by atoms with E-state index < -0.39 is 0 Å². The highest BCUT2D eigenvalue weighted by molar-refractivity contribution is 6.30. The van der Waals surface area contributed by atoms with Crippen LogP contribution in [0.5, 0.6) is 0 Å². The Kier molecular flexibility index (Phi) is 8.01. The number of primary amides is 1. The van der Waals surface area contributed by atoms with Gasteiger partial charge in [0.05, 0.1) is 5.92 Å². The molecule has 1 fully saturated rings. The second-order valence-corrected chi connectivity index (χ2v) is 6.81. The predicted octanol–water partition coefficient (Wildman–Crippen LogP) is 1.59. The number of likely N-dealkylation sites (tertiary alicyclic amines) is 1. The molecule has 0 aliphatic carbocycles. The van der Waals surface area contributed by atoms with Crippen molar-refractivity contribution in [2.75, 3.05) is 33.2 Å². The number of halogens is 1. The van der Waals surface area contributed by atoms with Crippen LogP contribution in [0.25, 0.3) is 0 Å². The minimum absolute atomic E-state index is 0.00974. The van der Waals surface area contributed by atoms with Gasteiger partial charge >= 0.3 is 0 Å². The van der Waals surface area contributed by atoms with Gasteiger partial charge in [-0.05, 0) is 50.0 Å². The van der Waals surface area contributed by atoms with Crippen LogP contribution in [0, 0.1) is 5.92 Å². The van der Waals surface area contributed by atoms with Crippen molar-refractivity contribution in [3.63, 3.8) is 0 Å². The number of piperidine rings is 1. The van der Waals surface area contributed by atoms with Crippen LogP contribution in [0.4, 0.5) is 0 Å². The Morgan fingerprint density at radius 1 is 1.36 bits per heavy atom. The first-order valence-electron chi connectivity index (χ1n) is 8.79. The van der Waals surface area contributed by atoms with Crippen LogP contribution < -0.4 is 16.4 Å². The lowest BCUT2D eigenvalue weighted by atomic mass is 9.97. The average molecular weight is 366 g/mol. The number of hydrogen-bond acceptors (Lipinski definition) is 3. The van der Waals surface area contributed by atoms with E-state index >= 15 is 0 Å². The van der Waals surface area contributed by atoms with Gasteiger partial charge in [0.1, 0.15) is 0 Å². The SMILES string of the molecule is CN=C(NCCCN1CCCC(C(N)=O)C1)NCc1ccc(Cl)cc1. The fourth-order valence-electron chi connectivity index (χ4n) is 3.01. The van der Waals surface area contributed by atoms with E-state index in [4.69, 9.17) is 17.3 Å². The molecule has 1 heterocycles. The van der Waals surface area contributed by atoms with Crippen molar-refractivity contribution in [2.24, 2.45) is 16.6 Å². The Labute approximate surface area is 154 Å². The zero-order valence-electron chi connectivity index (χ0n) is 14.8. The largest absolute Gasteiger partial charge is 0.369 e. The number of nitrogens with two attached hydrogens (primary N) is 1. The summed E-state index contributed by atoms with van der Waals surface area (Å²) in [5, 5.41) is 7.34. The Balaban J connectivity index is 1.64. The molecule has 4 N–H and O–H groups in total. The summed E-state index contributed by atoms with van der Waals surface area (Å²) in [6, 6.07) is 7.75. The van der Waals surface area contributed by atoms with Crippen LogP contribution in [0.2, 0.25) is 5.02 Å². The standard InChI is InChI=1S/C18H28ClN5O/c1-21-18(23-12-14-5-7-16(19)8-6-14)22-9-3-11-24-10-2-4-15(13-24)17(20)25/h5-8,15H,2-4,9-13H2,1H3,(H2,20,25)(H2,21,22,23). The molecule has 0 spiro atoms. The van der Waals surface area contributed by atoms with E-state index in [0.717, 1.165) is 62.0 Å². The van der Waals surface area contributed by atoms with Crippen molar-refractivity contribution >= 4 is 23.5 Å². The summed E-state index contributed by atoms with van der Waals surface area (Å²) in [6.07, 6.45) is 2.96. The highest BCUT2D eigenvalue weighted by Gasteiger charge is 2.23. The van der Waals surface area contributed by atoms with E-state index in [2.05, 4.69) is 20.5 Å². The van der Waals surface area contributed by atoms with Gasteiger partial charge in [0, 0.05) is 31.7 Å². The van der Waals surface area contributed by atoms with Gasteiger partial charge in [0.25, 0.3) is 0 Å². The minimum Gasteiger partial charge on any atom is -0.369 e. The van der Waals surface area contributed by atoms with Gasteiger partial charge in [0.2, 0.25) is 5.91 Å². The maximum atomic E-state index is 11.3. The minimum atomic E-state index is -0.172. The first-order valence-corrected chi connectivity index (χ1v) is 9.17. The maximum Gasteiger partial charge on any atom is 0.221 e. The summed E-state index contributed by atoms with van der Waals surface area (Å²) in [6.45, 7) is 4.33. The smallest absolute Gasteiger partial charge is 0.221 e. The number of carbonyl (C=O) groups is 1. The lowest BCUT2D eigenvalue weighted by Crippen LogP contribution is -2.42. The number of rotatable bonds is 7. The summed E-state index contributed by atoms with van der Waals surface area (Å²) in [4.78, 5) is 17.9. The Bertz CT molecular complexity index is 575. The molecule has 1 unspecified atom stereocenters.